The smallest absolute Gasteiger partial charge is 0.339 e. The molecule has 0 saturated heterocycles. The molecular formula is C13H14ClNO5S. The van der Waals surface area contributed by atoms with Crippen LogP contribution < -0.4 is 0 Å². The first-order valence-corrected chi connectivity index (χ1v) is 8.40. The molecule has 0 saturated carbocycles. The van der Waals surface area contributed by atoms with Crippen LogP contribution in [0.5, 0.6) is 0 Å². The van der Waals surface area contributed by atoms with Crippen molar-refractivity contribution in [3.8, 4) is 0 Å². The summed E-state index contributed by atoms with van der Waals surface area (Å²) in [6.45, 7) is 1.84. The van der Waals surface area contributed by atoms with Crippen molar-refractivity contribution < 1.29 is 22.8 Å². The summed E-state index contributed by atoms with van der Waals surface area (Å²) in [5.41, 5.74) is 0.836. The summed E-state index contributed by atoms with van der Waals surface area (Å²) in [6, 6.07) is 3.90. The van der Waals surface area contributed by atoms with E-state index in [0.29, 0.717) is 6.42 Å². The van der Waals surface area contributed by atoms with Gasteiger partial charge in [0.15, 0.2) is 15.9 Å². The predicted octanol–water partition coefficient (Wildman–Crippen LogP) is 2.07. The molecule has 0 aliphatic carbocycles. The average molecular weight is 332 g/mol. The fourth-order valence-electron chi connectivity index (χ4n) is 1.80. The van der Waals surface area contributed by atoms with Crippen molar-refractivity contribution in [3.63, 3.8) is 0 Å². The molecule has 1 atom stereocenters. The van der Waals surface area contributed by atoms with E-state index in [1.165, 1.54) is 18.2 Å². The lowest BCUT2D eigenvalue weighted by Gasteiger charge is -2.10. The summed E-state index contributed by atoms with van der Waals surface area (Å²) >= 11 is 5.91. The van der Waals surface area contributed by atoms with E-state index < -0.39 is 15.8 Å². The molecule has 8 heteroatoms. The number of ether oxygens (including phenoxy) is 1. The number of benzene rings is 1. The zero-order valence-electron chi connectivity index (χ0n) is 11.5. The zero-order chi connectivity index (χ0) is 15.6. The lowest BCUT2D eigenvalue weighted by molar-refractivity contribution is 0.00685. The molecule has 1 aromatic carbocycles. The number of esters is 1. The van der Waals surface area contributed by atoms with Crippen LogP contribution in [0.3, 0.4) is 0 Å². The van der Waals surface area contributed by atoms with Crippen LogP contribution in [0.2, 0.25) is 5.02 Å². The summed E-state index contributed by atoms with van der Waals surface area (Å²) in [7, 11) is -3.42. The van der Waals surface area contributed by atoms with Gasteiger partial charge in [-0.25, -0.2) is 13.2 Å². The molecule has 0 aromatic heterocycles. The van der Waals surface area contributed by atoms with Gasteiger partial charge in [0.2, 0.25) is 0 Å². The Morgan fingerprint density at radius 3 is 2.81 bits per heavy atom. The molecule has 0 bridgehead atoms. The van der Waals surface area contributed by atoms with Crippen molar-refractivity contribution in [2.24, 2.45) is 5.16 Å². The molecular weight excluding hydrogens is 318 g/mol. The number of rotatable bonds is 4. The van der Waals surface area contributed by atoms with Crippen LogP contribution in [-0.2, 0) is 19.4 Å². The van der Waals surface area contributed by atoms with Gasteiger partial charge < -0.3 is 9.57 Å². The Labute approximate surface area is 127 Å². The first kappa shape index (κ1) is 15.8. The molecule has 0 amide bonds. The maximum Gasteiger partial charge on any atom is 0.339 e. The molecule has 1 aliphatic heterocycles. The van der Waals surface area contributed by atoms with Gasteiger partial charge >= 0.3 is 5.97 Å². The van der Waals surface area contributed by atoms with Gasteiger partial charge in [0.1, 0.15) is 6.61 Å². The molecule has 21 heavy (non-hydrogen) atoms. The van der Waals surface area contributed by atoms with E-state index >= 15 is 0 Å². The molecule has 0 fully saturated rings. The second-order valence-corrected chi connectivity index (χ2v) is 7.19. The summed E-state index contributed by atoms with van der Waals surface area (Å²) in [6.07, 6.45) is 1.33. The van der Waals surface area contributed by atoms with Crippen LogP contribution in [0, 0.1) is 0 Å². The van der Waals surface area contributed by atoms with Gasteiger partial charge in [-0.1, -0.05) is 16.8 Å². The number of hydrogen-bond donors (Lipinski definition) is 0. The fourth-order valence-corrected chi connectivity index (χ4v) is 2.64. The standard InChI is InChI=1S/C13H14ClNO5S/c1-8-5-9(20-15-8)7-19-13(16)11-6-10(21(2,17)18)3-4-12(11)14/h3-4,6,9H,5,7H2,1-2H3. The molecule has 1 aliphatic rings. The quantitative estimate of drug-likeness (QED) is 0.789. The van der Waals surface area contributed by atoms with Crippen molar-refractivity contribution >= 4 is 33.1 Å². The Kier molecular flexibility index (Phi) is 4.53. The highest BCUT2D eigenvalue weighted by Crippen LogP contribution is 2.22. The Hall–Kier alpha value is -1.60. The van der Waals surface area contributed by atoms with Gasteiger partial charge in [0, 0.05) is 12.7 Å². The van der Waals surface area contributed by atoms with E-state index in [0.717, 1.165) is 12.0 Å². The lowest BCUT2D eigenvalue weighted by Crippen LogP contribution is -2.19. The molecule has 0 spiro atoms. The second kappa shape index (κ2) is 6.03. The van der Waals surface area contributed by atoms with Crippen molar-refractivity contribution in [3.05, 3.63) is 28.8 Å². The number of carbonyl (C=O) groups excluding carboxylic acids is 1. The molecule has 0 N–H and O–H groups in total. The normalized spacial score (nSPS) is 18.0. The highest BCUT2D eigenvalue weighted by molar-refractivity contribution is 7.90. The minimum atomic E-state index is -3.42. The van der Waals surface area contributed by atoms with Crippen molar-refractivity contribution in [1.29, 1.82) is 0 Å². The second-order valence-electron chi connectivity index (χ2n) is 4.77. The Morgan fingerprint density at radius 1 is 1.52 bits per heavy atom. The van der Waals surface area contributed by atoms with E-state index in [9.17, 15) is 13.2 Å². The minimum Gasteiger partial charge on any atom is -0.458 e. The maximum atomic E-state index is 12.0. The molecule has 1 unspecified atom stereocenters. The third-order valence-electron chi connectivity index (χ3n) is 2.87. The predicted molar refractivity (Wildman–Crippen MR) is 77.4 cm³/mol. The molecule has 1 heterocycles. The number of hydrogen-bond acceptors (Lipinski definition) is 6. The largest absolute Gasteiger partial charge is 0.458 e. The van der Waals surface area contributed by atoms with E-state index in [1.54, 1.807) is 0 Å². The number of sulfone groups is 1. The Bertz CT molecular complexity index is 699. The first-order chi connectivity index (χ1) is 9.77. The molecule has 6 nitrogen and oxygen atoms in total. The number of oxime groups is 1. The SMILES string of the molecule is CC1=NOC(COC(=O)c2cc(S(C)(=O)=O)ccc2Cl)C1. The van der Waals surface area contributed by atoms with E-state index in [4.69, 9.17) is 21.2 Å². The van der Waals surface area contributed by atoms with Crippen LogP contribution in [0.4, 0.5) is 0 Å². The van der Waals surface area contributed by atoms with Crippen LogP contribution in [-0.4, -0.2) is 39.1 Å². The third-order valence-corrected chi connectivity index (χ3v) is 4.31. The van der Waals surface area contributed by atoms with Crippen molar-refractivity contribution in [2.75, 3.05) is 12.9 Å². The number of carbonyl (C=O) groups is 1. The molecule has 0 radical (unpaired) electrons. The summed E-state index contributed by atoms with van der Waals surface area (Å²) < 4.78 is 28.1. The van der Waals surface area contributed by atoms with Crippen LogP contribution in [0.15, 0.2) is 28.3 Å². The van der Waals surface area contributed by atoms with Crippen LogP contribution in [0.25, 0.3) is 0 Å². The van der Waals surface area contributed by atoms with Gasteiger partial charge in [-0.05, 0) is 25.1 Å². The maximum absolute atomic E-state index is 12.0. The summed E-state index contributed by atoms with van der Waals surface area (Å²) in [5, 5.41) is 3.88. The molecule has 2 rings (SSSR count). The number of nitrogens with zero attached hydrogens (tertiary/aromatic N) is 1. The van der Waals surface area contributed by atoms with Gasteiger partial charge in [-0.3, -0.25) is 0 Å². The van der Waals surface area contributed by atoms with Gasteiger partial charge in [0.05, 0.1) is 21.2 Å². The monoisotopic (exact) mass is 331 g/mol. The third kappa shape index (κ3) is 3.95. The van der Waals surface area contributed by atoms with Gasteiger partial charge in [-0.2, -0.15) is 0 Å². The first-order valence-electron chi connectivity index (χ1n) is 6.13. The Morgan fingerprint density at radius 2 is 2.24 bits per heavy atom. The zero-order valence-corrected chi connectivity index (χ0v) is 13.1. The average Bonchev–Trinajstić information content (AvgIpc) is 2.81. The topological polar surface area (TPSA) is 82.0 Å². The van der Waals surface area contributed by atoms with E-state index in [-0.39, 0.29) is 28.2 Å². The molecule has 1 aromatic rings. The summed E-state index contributed by atoms with van der Waals surface area (Å²) in [4.78, 5) is 17.0. The van der Waals surface area contributed by atoms with E-state index in [2.05, 4.69) is 5.16 Å². The van der Waals surface area contributed by atoms with Crippen molar-refractivity contribution in [1.82, 2.24) is 0 Å². The fraction of sp³-hybridized carbons (Fsp3) is 0.385. The van der Waals surface area contributed by atoms with Crippen molar-refractivity contribution in [2.45, 2.75) is 24.3 Å². The lowest BCUT2D eigenvalue weighted by atomic mass is 10.2. The summed E-state index contributed by atoms with van der Waals surface area (Å²) in [5.74, 6) is -0.696. The highest BCUT2D eigenvalue weighted by atomic mass is 35.5. The van der Waals surface area contributed by atoms with Gasteiger partial charge in [0.25, 0.3) is 0 Å². The highest BCUT2D eigenvalue weighted by Gasteiger charge is 2.22. The van der Waals surface area contributed by atoms with Crippen LogP contribution >= 0.6 is 11.6 Å². The Balaban J connectivity index is 2.08. The number of halogens is 1. The molecule has 114 valence electrons. The van der Waals surface area contributed by atoms with E-state index in [1.807, 2.05) is 6.92 Å². The van der Waals surface area contributed by atoms with Crippen LogP contribution in [0.1, 0.15) is 23.7 Å². The minimum absolute atomic E-state index is 0.00939. The van der Waals surface area contributed by atoms with Gasteiger partial charge in [-0.15, -0.1) is 0 Å².